The molecule has 100 valence electrons. The molecule has 0 bridgehead atoms. The Balaban J connectivity index is 1.92. The van der Waals surface area contributed by atoms with Gasteiger partial charge >= 0.3 is 0 Å². The maximum Gasteiger partial charge on any atom is 0.222 e. The van der Waals surface area contributed by atoms with Gasteiger partial charge in [0.15, 0.2) is 0 Å². The third kappa shape index (κ3) is 2.34. The van der Waals surface area contributed by atoms with Gasteiger partial charge < -0.3 is 4.57 Å². The molecule has 1 fully saturated rings. The lowest BCUT2D eigenvalue weighted by molar-refractivity contribution is 0.613. The van der Waals surface area contributed by atoms with Gasteiger partial charge in [0.05, 0.1) is 16.0 Å². The molecule has 5 heteroatoms. The molecule has 3 rings (SSSR count). The summed E-state index contributed by atoms with van der Waals surface area (Å²) in [6.45, 7) is 3.91. The molecule has 0 spiro atoms. The van der Waals surface area contributed by atoms with Crippen LogP contribution in [-0.4, -0.2) is 19.0 Å². The van der Waals surface area contributed by atoms with Crippen molar-refractivity contribution in [3.05, 3.63) is 41.7 Å². The largest absolute Gasteiger partial charge is 0.301 e. The average Bonchev–Trinajstić information content (AvgIpc) is 3.21. The molecule has 0 N–H and O–H groups in total. The van der Waals surface area contributed by atoms with E-state index in [0.29, 0.717) is 11.2 Å². The van der Waals surface area contributed by atoms with Crippen LogP contribution in [0.3, 0.4) is 0 Å². The van der Waals surface area contributed by atoms with E-state index in [1.807, 2.05) is 44.2 Å². The first-order chi connectivity index (χ1) is 9.18. The molecule has 1 heterocycles. The maximum atomic E-state index is 12.7. The normalized spacial score (nSPS) is 18.2. The van der Waals surface area contributed by atoms with Crippen molar-refractivity contribution in [2.75, 3.05) is 0 Å². The minimum Gasteiger partial charge on any atom is -0.301 e. The summed E-state index contributed by atoms with van der Waals surface area (Å²) in [6, 6.07) is 10.4. The van der Waals surface area contributed by atoms with Crippen LogP contribution < -0.4 is 0 Å². The monoisotopic (exact) mass is 275 g/mol. The summed E-state index contributed by atoms with van der Waals surface area (Å²) in [5.74, 6) is 0.867. The first kappa shape index (κ1) is 12.5. The zero-order valence-corrected chi connectivity index (χ0v) is 11.9. The summed E-state index contributed by atoms with van der Waals surface area (Å²) >= 11 is 0. The van der Waals surface area contributed by atoms with E-state index in [9.17, 15) is 4.21 Å². The summed E-state index contributed by atoms with van der Waals surface area (Å²) in [5, 5.41) is 8.79. The van der Waals surface area contributed by atoms with Crippen LogP contribution in [0.25, 0.3) is 0 Å². The van der Waals surface area contributed by atoms with Gasteiger partial charge in [0.25, 0.3) is 0 Å². The second kappa shape index (κ2) is 4.89. The van der Waals surface area contributed by atoms with Crippen LogP contribution in [0.1, 0.15) is 42.4 Å². The van der Waals surface area contributed by atoms with Gasteiger partial charge in [-0.15, -0.1) is 10.2 Å². The summed E-state index contributed by atoms with van der Waals surface area (Å²) in [5.41, 5.74) is 1.07. The molecule has 0 radical (unpaired) electrons. The summed E-state index contributed by atoms with van der Waals surface area (Å²) in [7, 11) is -1.16. The lowest BCUT2D eigenvalue weighted by Gasteiger charge is -2.12. The van der Waals surface area contributed by atoms with Gasteiger partial charge in [-0.3, -0.25) is 4.21 Å². The van der Waals surface area contributed by atoms with Crippen molar-refractivity contribution in [3.63, 3.8) is 0 Å². The molecule has 19 heavy (non-hydrogen) atoms. The van der Waals surface area contributed by atoms with Gasteiger partial charge in [-0.1, -0.05) is 30.3 Å². The standard InChI is InChI=1S/C14H17N3OS/c1-10(12-6-4-3-5-7-12)19(18)14-16-15-11(2)17(14)13-8-9-13/h3-7,10,13H,8-9H2,1-2H3/t10-,19-/m0/s1. The SMILES string of the molecule is Cc1nnc([S@@](=O)[C@@H](C)c2ccccc2)n1C1CC1. The number of benzene rings is 1. The zero-order valence-electron chi connectivity index (χ0n) is 11.1. The fourth-order valence-corrected chi connectivity index (χ4v) is 3.56. The minimum absolute atomic E-state index is 0.0673. The van der Waals surface area contributed by atoms with Gasteiger partial charge in [-0.05, 0) is 32.3 Å². The Hall–Kier alpha value is -1.49. The van der Waals surface area contributed by atoms with Gasteiger partial charge in [0.1, 0.15) is 5.82 Å². The van der Waals surface area contributed by atoms with E-state index in [0.717, 1.165) is 24.2 Å². The number of aromatic nitrogens is 3. The van der Waals surface area contributed by atoms with Gasteiger partial charge in [0, 0.05) is 6.04 Å². The highest BCUT2D eigenvalue weighted by Crippen LogP contribution is 2.38. The highest BCUT2D eigenvalue weighted by molar-refractivity contribution is 7.85. The molecule has 1 aromatic heterocycles. The van der Waals surface area contributed by atoms with Crippen LogP contribution >= 0.6 is 0 Å². The van der Waals surface area contributed by atoms with E-state index < -0.39 is 10.8 Å². The van der Waals surface area contributed by atoms with Gasteiger partial charge in [-0.25, -0.2) is 0 Å². The van der Waals surface area contributed by atoms with Crippen LogP contribution in [0.15, 0.2) is 35.5 Å². The summed E-state index contributed by atoms with van der Waals surface area (Å²) in [4.78, 5) is 0. The average molecular weight is 275 g/mol. The van der Waals surface area contributed by atoms with Crippen molar-refractivity contribution in [1.82, 2.24) is 14.8 Å². The number of nitrogens with zero attached hydrogens (tertiary/aromatic N) is 3. The minimum atomic E-state index is -1.16. The fraction of sp³-hybridized carbons (Fsp3) is 0.429. The second-order valence-corrected chi connectivity index (χ2v) is 6.65. The van der Waals surface area contributed by atoms with Crippen molar-refractivity contribution < 1.29 is 4.21 Å². The maximum absolute atomic E-state index is 12.7. The first-order valence-corrected chi connectivity index (χ1v) is 7.77. The molecular formula is C14H17N3OS. The smallest absolute Gasteiger partial charge is 0.222 e. The second-order valence-electron chi connectivity index (χ2n) is 4.98. The molecule has 0 saturated heterocycles. The molecule has 0 unspecified atom stereocenters. The Morgan fingerprint density at radius 1 is 1.26 bits per heavy atom. The molecule has 0 amide bonds. The summed E-state index contributed by atoms with van der Waals surface area (Å²) < 4.78 is 14.8. The highest BCUT2D eigenvalue weighted by Gasteiger charge is 2.31. The number of hydrogen-bond acceptors (Lipinski definition) is 3. The van der Waals surface area contributed by atoms with E-state index >= 15 is 0 Å². The summed E-state index contributed by atoms with van der Waals surface area (Å²) in [6.07, 6.45) is 2.28. The van der Waals surface area contributed by atoms with Crippen molar-refractivity contribution in [3.8, 4) is 0 Å². The lowest BCUT2D eigenvalue weighted by atomic mass is 10.2. The molecule has 2 aromatic rings. The Kier molecular flexibility index (Phi) is 3.22. The van der Waals surface area contributed by atoms with Crippen molar-refractivity contribution in [1.29, 1.82) is 0 Å². The third-order valence-electron chi connectivity index (χ3n) is 3.52. The topological polar surface area (TPSA) is 47.8 Å². The molecular weight excluding hydrogens is 258 g/mol. The van der Waals surface area contributed by atoms with Crippen LogP contribution in [0.5, 0.6) is 0 Å². The van der Waals surface area contributed by atoms with E-state index in [-0.39, 0.29) is 5.25 Å². The number of rotatable bonds is 4. The van der Waals surface area contributed by atoms with Crippen molar-refractivity contribution in [2.45, 2.75) is 43.1 Å². The molecule has 2 atom stereocenters. The zero-order chi connectivity index (χ0) is 13.4. The van der Waals surface area contributed by atoms with E-state index in [2.05, 4.69) is 14.8 Å². The van der Waals surface area contributed by atoms with E-state index in [1.165, 1.54) is 0 Å². The lowest BCUT2D eigenvalue weighted by Crippen LogP contribution is -2.10. The Bertz CT molecular complexity index is 604. The Morgan fingerprint density at radius 3 is 2.58 bits per heavy atom. The molecule has 1 saturated carbocycles. The molecule has 1 aliphatic carbocycles. The van der Waals surface area contributed by atoms with E-state index in [4.69, 9.17) is 0 Å². The predicted molar refractivity (Wildman–Crippen MR) is 74.3 cm³/mol. The number of hydrogen-bond donors (Lipinski definition) is 0. The first-order valence-electron chi connectivity index (χ1n) is 6.55. The van der Waals surface area contributed by atoms with Gasteiger partial charge in [-0.2, -0.15) is 0 Å². The van der Waals surface area contributed by atoms with Crippen LogP contribution in [0.2, 0.25) is 0 Å². The van der Waals surface area contributed by atoms with Gasteiger partial charge in [0.2, 0.25) is 5.16 Å². The number of aryl methyl sites for hydroxylation is 1. The third-order valence-corrected chi connectivity index (χ3v) is 5.07. The van der Waals surface area contributed by atoms with Crippen LogP contribution in [0.4, 0.5) is 0 Å². The van der Waals surface area contributed by atoms with Crippen LogP contribution in [-0.2, 0) is 10.8 Å². The van der Waals surface area contributed by atoms with Crippen molar-refractivity contribution in [2.24, 2.45) is 0 Å². The van der Waals surface area contributed by atoms with Crippen molar-refractivity contribution >= 4 is 10.8 Å². The molecule has 0 aliphatic heterocycles. The molecule has 1 aliphatic rings. The fourth-order valence-electron chi connectivity index (χ4n) is 2.25. The Morgan fingerprint density at radius 2 is 1.95 bits per heavy atom. The van der Waals surface area contributed by atoms with Crippen LogP contribution in [0, 0.1) is 6.92 Å². The van der Waals surface area contributed by atoms with E-state index in [1.54, 1.807) is 0 Å². The molecule has 1 aromatic carbocycles. The molecule has 4 nitrogen and oxygen atoms in total. The Labute approximate surface area is 115 Å². The predicted octanol–water partition coefficient (Wildman–Crippen LogP) is 2.79. The highest BCUT2D eigenvalue weighted by atomic mass is 32.2. The quantitative estimate of drug-likeness (QED) is 0.862.